The summed E-state index contributed by atoms with van der Waals surface area (Å²) in [6.07, 6.45) is 3.67. The highest BCUT2D eigenvalue weighted by Crippen LogP contribution is 2.28. The summed E-state index contributed by atoms with van der Waals surface area (Å²) in [5.41, 5.74) is -0.761. The summed E-state index contributed by atoms with van der Waals surface area (Å²) >= 11 is 1.94. The molecule has 0 radical (unpaired) electrons. The third-order valence-corrected chi connectivity index (χ3v) is 5.13. The summed E-state index contributed by atoms with van der Waals surface area (Å²) in [6.45, 7) is 6.08. The molecular formula is C13H22N2O2S. The Bertz CT molecular complexity index is 351. The Hall–Kier alpha value is -0.710. The van der Waals surface area contributed by atoms with E-state index in [1.165, 1.54) is 18.6 Å². The van der Waals surface area contributed by atoms with Crippen LogP contribution in [-0.2, 0) is 9.59 Å². The predicted molar refractivity (Wildman–Crippen MR) is 73.5 cm³/mol. The topological polar surface area (TPSA) is 49.4 Å². The average Bonchev–Trinajstić information content (AvgIpc) is 2.33. The van der Waals surface area contributed by atoms with Gasteiger partial charge in [-0.05, 0) is 39.4 Å². The molecule has 2 atom stereocenters. The van der Waals surface area contributed by atoms with Crippen molar-refractivity contribution in [1.82, 2.24) is 10.2 Å². The van der Waals surface area contributed by atoms with Crippen molar-refractivity contribution in [1.29, 1.82) is 0 Å². The molecule has 0 aliphatic carbocycles. The zero-order chi connectivity index (χ0) is 13.3. The van der Waals surface area contributed by atoms with Crippen LogP contribution in [0.25, 0.3) is 0 Å². The van der Waals surface area contributed by atoms with Gasteiger partial charge in [0.05, 0.1) is 0 Å². The molecule has 0 saturated carbocycles. The zero-order valence-corrected chi connectivity index (χ0v) is 12.2. The van der Waals surface area contributed by atoms with E-state index >= 15 is 0 Å². The number of hydrogen-bond acceptors (Lipinski definition) is 3. The van der Waals surface area contributed by atoms with E-state index in [-0.39, 0.29) is 17.9 Å². The molecule has 0 aromatic heterocycles. The Morgan fingerprint density at radius 3 is 2.72 bits per heavy atom. The first-order valence-electron chi connectivity index (χ1n) is 6.66. The van der Waals surface area contributed by atoms with Crippen LogP contribution in [0.4, 0.5) is 0 Å². The summed E-state index contributed by atoms with van der Waals surface area (Å²) in [7, 11) is 0. The highest BCUT2D eigenvalue weighted by Gasteiger charge is 2.43. The van der Waals surface area contributed by atoms with Gasteiger partial charge in [-0.1, -0.05) is 6.42 Å². The SMILES string of the molecule is CC1C(=O)NC(C)(C)C(=O)N1CC1CCCCS1. The van der Waals surface area contributed by atoms with Crippen LogP contribution in [0.2, 0.25) is 0 Å². The van der Waals surface area contributed by atoms with Crippen LogP contribution >= 0.6 is 11.8 Å². The van der Waals surface area contributed by atoms with Gasteiger partial charge in [0.15, 0.2) is 0 Å². The van der Waals surface area contributed by atoms with E-state index in [1.54, 1.807) is 18.7 Å². The number of carbonyl (C=O) groups is 2. The monoisotopic (exact) mass is 270 g/mol. The van der Waals surface area contributed by atoms with E-state index in [9.17, 15) is 9.59 Å². The zero-order valence-electron chi connectivity index (χ0n) is 11.4. The molecule has 5 heteroatoms. The van der Waals surface area contributed by atoms with Crippen molar-refractivity contribution in [2.24, 2.45) is 0 Å². The second kappa shape index (κ2) is 5.11. The van der Waals surface area contributed by atoms with Crippen LogP contribution in [0.3, 0.4) is 0 Å². The minimum Gasteiger partial charge on any atom is -0.340 e. The van der Waals surface area contributed by atoms with Crippen LogP contribution < -0.4 is 5.32 Å². The van der Waals surface area contributed by atoms with Crippen molar-refractivity contribution in [2.75, 3.05) is 12.3 Å². The van der Waals surface area contributed by atoms with Gasteiger partial charge in [0, 0.05) is 11.8 Å². The fourth-order valence-electron chi connectivity index (χ4n) is 2.55. The second-order valence-corrected chi connectivity index (χ2v) is 7.14. The van der Waals surface area contributed by atoms with E-state index in [2.05, 4.69) is 5.32 Å². The minimum atomic E-state index is -0.761. The molecule has 4 nitrogen and oxygen atoms in total. The second-order valence-electron chi connectivity index (χ2n) is 5.74. The van der Waals surface area contributed by atoms with Crippen LogP contribution in [-0.4, -0.2) is 45.8 Å². The standard InChI is InChI=1S/C13H22N2O2S/c1-9-11(16)14-13(2,3)12(17)15(9)8-10-6-4-5-7-18-10/h9-10H,4-8H2,1-3H3,(H,14,16). The van der Waals surface area contributed by atoms with Gasteiger partial charge >= 0.3 is 0 Å². The van der Waals surface area contributed by atoms with Crippen molar-refractivity contribution in [3.8, 4) is 0 Å². The molecule has 18 heavy (non-hydrogen) atoms. The third kappa shape index (κ3) is 2.66. The lowest BCUT2D eigenvalue weighted by Gasteiger charge is -2.43. The van der Waals surface area contributed by atoms with Gasteiger partial charge < -0.3 is 10.2 Å². The van der Waals surface area contributed by atoms with Crippen molar-refractivity contribution < 1.29 is 9.59 Å². The molecule has 2 rings (SSSR count). The van der Waals surface area contributed by atoms with Gasteiger partial charge in [-0.3, -0.25) is 9.59 Å². The van der Waals surface area contributed by atoms with Crippen LogP contribution in [0.1, 0.15) is 40.0 Å². The van der Waals surface area contributed by atoms with Crippen molar-refractivity contribution in [3.05, 3.63) is 0 Å². The summed E-state index contributed by atoms with van der Waals surface area (Å²) in [6, 6.07) is -0.340. The van der Waals surface area contributed by atoms with Gasteiger partial charge in [-0.2, -0.15) is 11.8 Å². The van der Waals surface area contributed by atoms with Crippen molar-refractivity contribution in [2.45, 2.75) is 56.9 Å². The molecule has 0 aromatic rings. The van der Waals surface area contributed by atoms with E-state index in [0.29, 0.717) is 11.8 Å². The lowest BCUT2D eigenvalue weighted by molar-refractivity contribution is -0.152. The molecule has 1 N–H and O–H groups in total. The minimum absolute atomic E-state index is 0.0413. The number of nitrogens with one attached hydrogen (secondary N) is 1. The average molecular weight is 270 g/mol. The number of carbonyl (C=O) groups excluding carboxylic acids is 2. The number of hydrogen-bond donors (Lipinski definition) is 1. The van der Waals surface area contributed by atoms with E-state index in [1.807, 2.05) is 18.7 Å². The van der Waals surface area contributed by atoms with Crippen LogP contribution in [0.5, 0.6) is 0 Å². The molecule has 2 amide bonds. The highest BCUT2D eigenvalue weighted by atomic mass is 32.2. The number of piperazine rings is 1. The molecule has 2 saturated heterocycles. The Kier molecular flexibility index (Phi) is 3.90. The number of thioether (sulfide) groups is 1. The van der Waals surface area contributed by atoms with Gasteiger partial charge in [0.2, 0.25) is 11.8 Å². The van der Waals surface area contributed by atoms with E-state index < -0.39 is 5.54 Å². The Morgan fingerprint density at radius 2 is 2.11 bits per heavy atom. The first kappa shape index (κ1) is 13.7. The number of rotatable bonds is 2. The fraction of sp³-hybridized carbons (Fsp3) is 0.846. The third-order valence-electron chi connectivity index (χ3n) is 3.75. The molecule has 2 unspecified atom stereocenters. The first-order chi connectivity index (χ1) is 8.42. The molecule has 0 bridgehead atoms. The molecule has 0 aromatic carbocycles. The quantitative estimate of drug-likeness (QED) is 0.825. The van der Waals surface area contributed by atoms with E-state index in [4.69, 9.17) is 0 Å². The maximum atomic E-state index is 12.4. The number of nitrogens with zero attached hydrogens (tertiary/aromatic N) is 1. The molecule has 2 aliphatic heterocycles. The summed E-state index contributed by atoms with van der Waals surface area (Å²) in [5, 5.41) is 3.28. The molecule has 2 heterocycles. The van der Waals surface area contributed by atoms with Crippen LogP contribution in [0.15, 0.2) is 0 Å². The highest BCUT2D eigenvalue weighted by molar-refractivity contribution is 7.99. The normalized spacial score (nSPS) is 32.3. The lowest BCUT2D eigenvalue weighted by atomic mass is 9.97. The Morgan fingerprint density at radius 1 is 1.39 bits per heavy atom. The Labute approximate surface area is 113 Å². The lowest BCUT2D eigenvalue weighted by Crippen LogP contribution is -2.68. The molecule has 2 fully saturated rings. The van der Waals surface area contributed by atoms with Gasteiger partial charge in [-0.25, -0.2) is 0 Å². The van der Waals surface area contributed by atoms with E-state index in [0.717, 1.165) is 6.42 Å². The molecule has 0 spiro atoms. The summed E-state index contributed by atoms with van der Waals surface area (Å²) < 4.78 is 0. The summed E-state index contributed by atoms with van der Waals surface area (Å²) in [4.78, 5) is 26.0. The number of amides is 2. The van der Waals surface area contributed by atoms with Gasteiger partial charge in [0.1, 0.15) is 11.6 Å². The largest absolute Gasteiger partial charge is 0.340 e. The first-order valence-corrected chi connectivity index (χ1v) is 7.71. The van der Waals surface area contributed by atoms with Crippen molar-refractivity contribution >= 4 is 23.6 Å². The molecule has 102 valence electrons. The Balaban J connectivity index is 2.08. The maximum Gasteiger partial charge on any atom is 0.248 e. The maximum absolute atomic E-state index is 12.4. The molecular weight excluding hydrogens is 248 g/mol. The fourth-order valence-corrected chi connectivity index (χ4v) is 3.86. The van der Waals surface area contributed by atoms with Crippen molar-refractivity contribution in [3.63, 3.8) is 0 Å². The predicted octanol–water partition coefficient (Wildman–Crippen LogP) is 1.40. The smallest absolute Gasteiger partial charge is 0.248 e. The molecule has 2 aliphatic rings. The van der Waals surface area contributed by atoms with Crippen LogP contribution in [0, 0.1) is 0 Å². The van der Waals surface area contributed by atoms with Gasteiger partial charge in [-0.15, -0.1) is 0 Å². The summed E-state index contributed by atoms with van der Waals surface area (Å²) in [5.74, 6) is 1.18. The van der Waals surface area contributed by atoms with Gasteiger partial charge in [0.25, 0.3) is 0 Å².